The predicted molar refractivity (Wildman–Crippen MR) is 90.4 cm³/mol. The largest absolute Gasteiger partial charge is 0.491 e. The second-order valence-electron chi connectivity index (χ2n) is 6.04. The van der Waals surface area contributed by atoms with E-state index in [0.717, 1.165) is 37.1 Å². The average Bonchev–Trinajstić information content (AvgIpc) is 2.48. The van der Waals surface area contributed by atoms with Crippen LogP contribution in [0.15, 0.2) is 24.3 Å². The van der Waals surface area contributed by atoms with Crippen LogP contribution in [0.25, 0.3) is 0 Å². The summed E-state index contributed by atoms with van der Waals surface area (Å²) in [6.07, 6.45) is 4.06. The average molecular weight is 307 g/mol. The summed E-state index contributed by atoms with van der Waals surface area (Å²) in [7, 11) is 1.59. The van der Waals surface area contributed by atoms with Gasteiger partial charge in [-0.3, -0.25) is 4.79 Å². The summed E-state index contributed by atoms with van der Waals surface area (Å²) in [5, 5.41) is 2.92. The predicted octanol–water partition coefficient (Wildman–Crippen LogP) is 4.40. The number of methoxy groups -OCH3 is 1. The van der Waals surface area contributed by atoms with Crippen LogP contribution in [-0.4, -0.2) is 24.7 Å². The quantitative estimate of drug-likeness (QED) is 0.688. The summed E-state index contributed by atoms with van der Waals surface area (Å²) in [6, 6.07) is 7.41. The van der Waals surface area contributed by atoms with E-state index < -0.39 is 5.60 Å². The molecule has 0 unspecified atom stereocenters. The van der Waals surface area contributed by atoms with Gasteiger partial charge in [-0.2, -0.15) is 0 Å². The number of hydrogen-bond donors (Lipinski definition) is 1. The Hall–Kier alpha value is -1.55. The highest BCUT2D eigenvalue weighted by atomic mass is 16.5. The number of ether oxygens (including phenoxy) is 2. The lowest BCUT2D eigenvalue weighted by molar-refractivity contribution is -0.136. The number of rotatable bonds is 9. The van der Waals surface area contributed by atoms with Crippen molar-refractivity contribution in [3.63, 3.8) is 0 Å². The molecule has 0 spiro atoms. The lowest BCUT2D eigenvalue weighted by atomic mass is 9.97. The highest BCUT2D eigenvalue weighted by Crippen LogP contribution is 2.22. The summed E-state index contributed by atoms with van der Waals surface area (Å²) < 4.78 is 11.0. The minimum atomic E-state index is -0.789. The SMILES string of the molecule is CCCCC[C@](C)(OC)C(=O)Nc1ccc(OC(C)C)cc1. The van der Waals surface area contributed by atoms with Crippen molar-refractivity contribution >= 4 is 11.6 Å². The van der Waals surface area contributed by atoms with E-state index in [0.29, 0.717) is 0 Å². The third-order valence-corrected chi connectivity index (χ3v) is 3.67. The van der Waals surface area contributed by atoms with Crippen molar-refractivity contribution in [3.05, 3.63) is 24.3 Å². The summed E-state index contributed by atoms with van der Waals surface area (Å²) in [6.45, 7) is 7.95. The van der Waals surface area contributed by atoms with Crippen molar-refractivity contribution < 1.29 is 14.3 Å². The monoisotopic (exact) mass is 307 g/mol. The molecule has 0 saturated heterocycles. The van der Waals surface area contributed by atoms with Gasteiger partial charge in [-0.25, -0.2) is 0 Å². The van der Waals surface area contributed by atoms with E-state index in [-0.39, 0.29) is 12.0 Å². The lowest BCUT2D eigenvalue weighted by Gasteiger charge is -2.27. The number of carbonyl (C=O) groups is 1. The van der Waals surface area contributed by atoms with Crippen molar-refractivity contribution in [2.75, 3.05) is 12.4 Å². The zero-order valence-electron chi connectivity index (χ0n) is 14.4. The maximum absolute atomic E-state index is 12.5. The molecule has 0 radical (unpaired) electrons. The van der Waals surface area contributed by atoms with E-state index in [1.54, 1.807) is 7.11 Å². The first-order valence-electron chi connectivity index (χ1n) is 8.04. The molecule has 0 aromatic heterocycles. The minimum absolute atomic E-state index is 0.108. The number of hydrogen-bond acceptors (Lipinski definition) is 3. The van der Waals surface area contributed by atoms with Crippen molar-refractivity contribution in [3.8, 4) is 5.75 Å². The summed E-state index contributed by atoms with van der Waals surface area (Å²) >= 11 is 0. The molecule has 0 heterocycles. The first-order chi connectivity index (χ1) is 10.4. The zero-order valence-corrected chi connectivity index (χ0v) is 14.4. The molecule has 124 valence electrons. The molecule has 0 aliphatic carbocycles. The van der Waals surface area contributed by atoms with E-state index in [1.807, 2.05) is 45.0 Å². The van der Waals surface area contributed by atoms with Crippen LogP contribution in [0.3, 0.4) is 0 Å². The summed E-state index contributed by atoms with van der Waals surface area (Å²) in [4.78, 5) is 12.5. The van der Waals surface area contributed by atoms with Crippen LogP contribution in [0.4, 0.5) is 5.69 Å². The van der Waals surface area contributed by atoms with E-state index in [9.17, 15) is 4.79 Å². The molecule has 0 bridgehead atoms. The number of anilines is 1. The van der Waals surface area contributed by atoms with Gasteiger partial charge in [0, 0.05) is 12.8 Å². The smallest absolute Gasteiger partial charge is 0.256 e. The van der Waals surface area contributed by atoms with E-state index in [2.05, 4.69) is 12.2 Å². The molecular formula is C18H29NO3. The number of carbonyl (C=O) groups excluding carboxylic acids is 1. The van der Waals surface area contributed by atoms with Crippen molar-refractivity contribution in [2.24, 2.45) is 0 Å². The first-order valence-corrected chi connectivity index (χ1v) is 8.04. The second-order valence-corrected chi connectivity index (χ2v) is 6.04. The van der Waals surface area contributed by atoms with Crippen LogP contribution in [-0.2, 0) is 9.53 Å². The third-order valence-electron chi connectivity index (χ3n) is 3.67. The molecule has 1 atom stereocenters. The van der Waals surface area contributed by atoms with Gasteiger partial charge >= 0.3 is 0 Å². The molecule has 4 heteroatoms. The van der Waals surface area contributed by atoms with Gasteiger partial charge in [0.15, 0.2) is 0 Å². The Labute approximate surface area is 134 Å². The molecule has 22 heavy (non-hydrogen) atoms. The maximum atomic E-state index is 12.5. The van der Waals surface area contributed by atoms with Crippen molar-refractivity contribution in [1.29, 1.82) is 0 Å². The highest BCUT2D eigenvalue weighted by Gasteiger charge is 2.32. The van der Waals surface area contributed by atoms with Crippen molar-refractivity contribution in [1.82, 2.24) is 0 Å². The third kappa shape index (κ3) is 5.68. The number of amides is 1. The molecule has 1 aromatic carbocycles. The lowest BCUT2D eigenvalue weighted by Crippen LogP contribution is -2.41. The van der Waals surface area contributed by atoms with Gasteiger partial charge in [0.25, 0.3) is 5.91 Å². The highest BCUT2D eigenvalue weighted by molar-refractivity contribution is 5.97. The van der Waals surface area contributed by atoms with Crippen LogP contribution in [0, 0.1) is 0 Å². The first kappa shape index (κ1) is 18.5. The Morgan fingerprint density at radius 1 is 1.23 bits per heavy atom. The molecule has 0 aliphatic heterocycles. The molecule has 0 saturated carbocycles. The fraction of sp³-hybridized carbons (Fsp3) is 0.611. The van der Waals surface area contributed by atoms with Crippen LogP contribution in [0.2, 0.25) is 0 Å². The van der Waals surface area contributed by atoms with Gasteiger partial charge < -0.3 is 14.8 Å². The van der Waals surface area contributed by atoms with Crippen LogP contribution in [0.1, 0.15) is 53.4 Å². The molecule has 1 N–H and O–H groups in total. The number of unbranched alkanes of at least 4 members (excludes halogenated alkanes) is 2. The second kappa shape index (κ2) is 8.79. The molecule has 1 amide bonds. The normalized spacial score (nSPS) is 13.7. The number of benzene rings is 1. The van der Waals surface area contributed by atoms with Crippen LogP contribution in [0.5, 0.6) is 5.75 Å². The standard InChI is InChI=1S/C18H29NO3/c1-6-7-8-13-18(4,21-5)17(20)19-15-9-11-16(12-10-15)22-14(2)3/h9-12,14H,6-8,13H2,1-5H3,(H,19,20)/t18-/m0/s1. The van der Waals surface area contributed by atoms with Gasteiger partial charge in [-0.05, 0) is 51.5 Å². The molecule has 1 aromatic rings. The van der Waals surface area contributed by atoms with Gasteiger partial charge in [0.05, 0.1) is 6.10 Å². The number of nitrogens with one attached hydrogen (secondary N) is 1. The Morgan fingerprint density at radius 2 is 1.86 bits per heavy atom. The van der Waals surface area contributed by atoms with Crippen LogP contribution >= 0.6 is 0 Å². The fourth-order valence-electron chi connectivity index (χ4n) is 2.17. The minimum Gasteiger partial charge on any atom is -0.491 e. The van der Waals surface area contributed by atoms with E-state index in [4.69, 9.17) is 9.47 Å². The molecular weight excluding hydrogens is 278 g/mol. The Bertz CT molecular complexity index is 456. The Kier molecular flexibility index (Phi) is 7.39. The topological polar surface area (TPSA) is 47.6 Å². The van der Waals surface area contributed by atoms with Gasteiger partial charge in [-0.15, -0.1) is 0 Å². The maximum Gasteiger partial charge on any atom is 0.256 e. The van der Waals surface area contributed by atoms with Crippen LogP contribution < -0.4 is 10.1 Å². The van der Waals surface area contributed by atoms with E-state index in [1.165, 1.54) is 0 Å². The Morgan fingerprint density at radius 3 is 2.36 bits per heavy atom. The molecule has 1 rings (SSSR count). The summed E-state index contributed by atoms with van der Waals surface area (Å²) in [5.41, 5.74) is -0.0395. The summed E-state index contributed by atoms with van der Waals surface area (Å²) in [5.74, 6) is 0.689. The van der Waals surface area contributed by atoms with E-state index >= 15 is 0 Å². The zero-order chi connectivity index (χ0) is 16.6. The Balaban J connectivity index is 2.65. The van der Waals surface area contributed by atoms with Gasteiger partial charge in [0.1, 0.15) is 11.4 Å². The van der Waals surface area contributed by atoms with Gasteiger partial charge in [-0.1, -0.05) is 26.2 Å². The van der Waals surface area contributed by atoms with Gasteiger partial charge in [0.2, 0.25) is 0 Å². The molecule has 0 aliphatic rings. The molecule has 0 fully saturated rings. The van der Waals surface area contributed by atoms with Crippen molar-refractivity contribution in [2.45, 2.75) is 65.1 Å². The fourth-order valence-corrected chi connectivity index (χ4v) is 2.17. The molecule has 4 nitrogen and oxygen atoms in total.